The number of rotatable bonds is 1. The molecule has 0 aliphatic rings. The van der Waals surface area contributed by atoms with E-state index in [0.717, 1.165) is 6.07 Å². The molecule has 58 valence electrons. The Balaban J connectivity index is 3.23. The lowest BCUT2D eigenvalue weighted by Gasteiger charge is -1.95. The molecule has 0 saturated carbocycles. The third-order valence-corrected chi connectivity index (χ3v) is 2.10. The number of halogens is 3. The highest BCUT2D eigenvalue weighted by molar-refractivity contribution is 14.1. The van der Waals surface area contributed by atoms with E-state index in [1.807, 2.05) is 22.6 Å². The molecule has 0 aliphatic carbocycles. The quantitative estimate of drug-likeness (QED) is 0.450. The lowest BCUT2D eigenvalue weighted by atomic mass is 10.3. The zero-order valence-electron chi connectivity index (χ0n) is 5.14. The number of nitrogens with zero attached hydrogens (tertiary/aromatic N) is 1. The van der Waals surface area contributed by atoms with Crippen molar-refractivity contribution in [1.29, 1.82) is 0 Å². The summed E-state index contributed by atoms with van der Waals surface area (Å²) in [7, 11) is 0. The van der Waals surface area contributed by atoms with Gasteiger partial charge in [-0.1, -0.05) is 0 Å². The van der Waals surface area contributed by atoms with Crippen molar-refractivity contribution in [2.24, 2.45) is 0 Å². The minimum Gasteiger partial charge on any atom is -0.276 e. The molecule has 0 fully saturated rings. The lowest BCUT2D eigenvalue weighted by Crippen LogP contribution is -1.96. The van der Waals surface area contributed by atoms with Gasteiger partial charge in [-0.05, 0) is 34.2 Å². The Hall–Kier alpha value is -0.230. The van der Waals surface area contributed by atoms with E-state index in [1.165, 1.54) is 6.20 Å². The topological polar surface area (TPSA) is 30.0 Å². The average Bonchev–Trinajstić information content (AvgIpc) is 1.94. The predicted molar refractivity (Wildman–Crippen MR) is 47.1 cm³/mol. The number of aromatic nitrogens is 1. The van der Waals surface area contributed by atoms with E-state index in [-0.39, 0.29) is 5.56 Å². The van der Waals surface area contributed by atoms with Gasteiger partial charge in [0.25, 0.3) is 5.24 Å². The SMILES string of the molecule is O=C(Cl)c1cc(F)ncc1I. The molecule has 2 nitrogen and oxygen atoms in total. The molecule has 0 amide bonds. The van der Waals surface area contributed by atoms with E-state index in [2.05, 4.69) is 4.98 Å². The first-order chi connectivity index (χ1) is 5.11. The summed E-state index contributed by atoms with van der Waals surface area (Å²) in [4.78, 5) is 13.9. The molecule has 1 heterocycles. The molecule has 0 N–H and O–H groups in total. The molecule has 5 heteroatoms. The van der Waals surface area contributed by atoms with E-state index in [4.69, 9.17) is 11.6 Å². The second kappa shape index (κ2) is 3.44. The Morgan fingerprint density at radius 3 is 2.82 bits per heavy atom. The molecular weight excluding hydrogens is 283 g/mol. The van der Waals surface area contributed by atoms with E-state index in [1.54, 1.807) is 0 Å². The first-order valence-electron chi connectivity index (χ1n) is 2.62. The summed E-state index contributed by atoms with van der Waals surface area (Å²) < 4.78 is 12.9. The van der Waals surface area contributed by atoms with Gasteiger partial charge < -0.3 is 0 Å². The molecule has 0 spiro atoms. The fraction of sp³-hybridized carbons (Fsp3) is 0. The van der Waals surface area contributed by atoms with Gasteiger partial charge in [0.05, 0.1) is 5.56 Å². The molecule has 0 unspecified atom stereocenters. The predicted octanol–water partition coefficient (Wildman–Crippen LogP) is 2.20. The molecular formula is C6H2ClFINO. The molecule has 0 bridgehead atoms. The third kappa shape index (κ3) is 2.10. The summed E-state index contributed by atoms with van der Waals surface area (Å²) in [6.07, 6.45) is 1.26. The summed E-state index contributed by atoms with van der Waals surface area (Å²) >= 11 is 7.00. The lowest BCUT2D eigenvalue weighted by molar-refractivity contribution is 0.108. The van der Waals surface area contributed by atoms with Crippen molar-refractivity contribution in [3.63, 3.8) is 0 Å². The second-order valence-electron chi connectivity index (χ2n) is 1.76. The first kappa shape index (κ1) is 8.86. The molecule has 1 aromatic heterocycles. The number of carbonyl (C=O) groups excluding carboxylic acids is 1. The third-order valence-electron chi connectivity index (χ3n) is 1.03. The van der Waals surface area contributed by atoms with Crippen molar-refractivity contribution >= 4 is 39.4 Å². The Bertz CT molecular complexity index is 305. The Labute approximate surface area is 80.9 Å². The standard InChI is InChI=1S/C6H2ClFINO/c7-6(11)3-1-5(8)10-2-4(3)9/h1-2H. The number of pyridine rings is 1. The van der Waals surface area contributed by atoms with Crippen LogP contribution in [-0.2, 0) is 0 Å². The van der Waals surface area contributed by atoms with Gasteiger partial charge in [-0.3, -0.25) is 4.79 Å². The van der Waals surface area contributed by atoms with Crippen LogP contribution in [0.5, 0.6) is 0 Å². The normalized spacial score (nSPS) is 9.73. The van der Waals surface area contributed by atoms with E-state index in [9.17, 15) is 9.18 Å². The summed E-state index contributed by atoms with van der Waals surface area (Å²) in [6.45, 7) is 0. The smallest absolute Gasteiger partial charge is 0.253 e. The number of carbonyl (C=O) groups is 1. The highest BCUT2D eigenvalue weighted by Gasteiger charge is 2.08. The minimum atomic E-state index is -0.700. The fourth-order valence-electron chi connectivity index (χ4n) is 0.564. The van der Waals surface area contributed by atoms with Crippen LogP contribution in [0.2, 0.25) is 0 Å². The van der Waals surface area contributed by atoms with E-state index in [0.29, 0.717) is 3.57 Å². The van der Waals surface area contributed by atoms with E-state index >= 15 is 0 Å². The molecule has 1 rings (SSSR count). The van der Waals surface area contributed by atoms with Gasteiger partial charge in [0, 0.05) is 15.8 Å². The van der Waals surface area contributed by atoms with Gasteiger partial charge in [0.2, 0.25) is 5.95 Å². The Morgan fingerprint density at radius 1 is 1.73 bits per heavy atom. The molecule has 11 heavy (non-hydrogen) atoms. The summed E-state index contributed by atoms with van der Waals surface area (Å²) in [5, 5.41) is -0.671. The van der Waals surface area contributed by atoms with Crippen LogP contribution in [0.25, 0.3) is 0 Å². The Kier molecular flexibility index (Phi) is 2.78. The van der Waals surface area contributed by atoms with Crippen LogP contribution < -0.4 is 0 Å². The van der Waals surface area contributed by atoms with Crippen LogP contribution in [0.1, 0.15) is 10.4 Å². The maximum absolute atomic E-state index is 12.4. The van der Waals surface area contributed by atoms with Crippen LogP contribution in [0.15, 0.2) is 12.3 Å². The highest BCUT2D eigenvalue weighted by atomic mass is 127. The molecule has 0 radical (unpaired) electrons. The molecule has 0 atom stereocenters. The van der Waals surface area contributed by atoms with Gasteiger partial charge in [-0.15, -0.1) is 0 Å². The summed E-state index contributed by atoms with van der Waals surface area (Å²) in [6, 6.07) is 1.01. The average molecular weight is 285 g/mol. The van der Waals surface area contributed by atoms with Crippen molar-refractivity contribution in [1.82, 2.24) is 4.98 Å². The van der Waals surface area contributed by atoms with Gasteiger partial charge in [0.15, 0.2) is 0 Å². The van der Waals surface area contributed by atoms with Crippen LogP contribution in [-0.4, -0.2) is 10.2 Å². The van der Waals surface area contributed by atoms with Crippen LogP contribution in [0.4, 0.5) is 4.39 Å². The van der Waals surface area contributed by atoms with Crippen molar-refractivity contribution in [3.05, 3.63) is 27.3 Å². The number of hydrogen-bond acceptors (Lipinski definition) is 2. The van der Waals surface area contributed by atoms with Crippen LogP contribution in [0, 0.1) is 9.52 Å². The maximum atomic E-state index is 12.4. The van der Waals surface area contributed by atoms with Crippen molar-refractivity contribution < 1.29 is 9.18 Å². The van der Waals surface area contributed by atoms with Crippen LogP contribution >= 0.6 is 34.2 Å². The van der Waals surface area contributed by atoms with Gasteiger partial charge in [0.1, 0.15) is 0 Å². The van der Waals surface area contributed by atoms with Crippen molar-refractivity contribution in [2.75, 3.05) is 0 Å². The largest absolute Gasteiger partial charge is 0.276 e. The van der Waals surface area contributed by atoms with Gasteiger partial charge in [-0.25, -0.2) is 4.98 Å². The zero-order chi connectivity index (χ0) is 8.43. The monoisotopic (exact) mass is 285 g/mol. The fourth-order valence-corrected chi connectivity index (χ4v) is 1.42. The molecule has 0 saturated heterocycles. The first-order valence-corrected chi connectivity index (χ1v) is 4.08. The maximum Gasteiger partial charge on any atom is 0.253 e. The van der Waals surface area contributed by atoms with Crippen LogP contribution in [0.3, 0.4) is 0 Å². The minimum absolute atomic E-state index is 0.153. The second-order valence-corrected chi connectivity index (χ2v) is 3.27. The summed E-state index contributed by atoms with van der Waals surface area (Å²) in [5.41, 5.74) is 0.153. The Morgan fingerprint density at radius 2 is 2.36 bits per heavy atom. The van der Waals surface area contributed by atoms with Gasteiger partial charge in [-0.2, -0.15) is 4.39 Å². The molecule has 1 aromatic rings. The van der Waals surface area contributed by atoms with E-state index < -0.39 is 11.2 Å². The van der Waals surface area contributed by atoms with Crippen molar-refractivity contribution in [2.45, 2.75) is 0 Å². The molecule has 0 aromatic carbocycles. The zero-order valence-corrected chi connectivity index (χ0v) is 8.06. The number of hydrogen-bond donors (Lipinski definition) is 0. The highest BCUT2D eigenvalue weighted by Crippen LogP contribution is 2.13. The molecule has 0 aliphatic heterocycles. The van der Waals surface area contributed by atoms with Gasteiger partial charge >= 0.3 is 0 Å². The summed E-state index contributed by atoms with van der Waals surface area (Å²) in [5.74, 6) is -0.700. The van der Waals surface area contributed by atoms with Crippen molar-refractivity contribution in [3.8, 4) is 0 Å².